The van der Waals surface area contributed by atoms with Crippen LogP contribution in [0.4, 0.5) is 10.1 Å². The van der Waals surface area contributed by atoms with Gasteiger partial charge in [-0.15, -0.1) is 0 Å². The molecular weight excluding hydrogens is 349 g/mol. The SMILES string of the molecule is OC1CCc2c(OCc3ccccc3)cc(F)c(OC3CCCCO3)c2N1. The summed E-state index contributed by atoms with van der Waals surface area (Å²) in [6, 6.07) is 11.1. The number of hydrogen-bond donors (Lipinski definition) is 2. The number of aliphatic hydroxyl groups excluding tert-OH is 1. The van der Waals surface area contributed by atoms with E-state index in [1.807, 2.05) is 30.3 Å². The van der Waals surface area contributed by atoms with Gasteiger partial charge in [-0.3, -0.25) is 0 Å². The minimum atomic E-state index is -0.740. The molecule has 1 fully saturated rings. The zero-order valence-corrected chi connectivity index (χ0v) is 15.1. The quantitative estimate of drug-likeness (QED) is 0.830. The normalized spacial score (nSPS) is 21.9. The van der Waals surface area contributed by atoms with E-state index in [-0.39, 0.29) is 5.75 Å². The van der Waals surface area contributed by atoms with Crippen LogP contribution in [0, 0.1) is 5.82 Å². The van der Waals surface area contributed by atoms with Crippen molar-refractivity contribution < 1.29 is 23.7 Å². The van der Waals surface area contributed by atoms with E-state index in [9.17, 15) is 9.50 Å². The molecule has 27 heavy (non-hydrogen) atoms. The van der Waals surface area contributed by atoms with Gasteiger partial charge in [0.2, 0.25) is 0 Å². The van der Waals surface area contributed by atoms with Gasteiger partial charge in [-0.25, -0.2) is 4.39 Å². The number of hydrogen-bond acceptors (Lipinski definition) is 5. The molecule has 5 nitrogen and oxygen atoms in total. The van der Waals surface area contributed by atoms with Gasteiger partial charge in [0.25, 0.3) is 0 Å². The predicted octanol–water partition coefficient (Wildman–Crippen LogP) is 3.99. The highest BCUT2D eigenvalue weighted by atomic mass is 19.1. The fourth-order valence-corrected chi connectivity index (χ4v) is 3.48. The van der Waals surface area contributed by atoms with Crippen molar-refractivity contribution in [3.05, 3.63) is 53.3 Å². The van der Waals surface area contributed by atoms with Crippen LogP contribution in [0.5, 0.6) is 11.5 Å². The number of fused-ring (bicyclic) bond motifs is 1. The van der Waals surface area contributed by atoms with Crippen molar-refractivity contribution in [2.75, 3.05) is 11.9 Å². The van der Waals surface area contributed by atoms with Crippen molar-refractivity contribution in [3.8, 4) is 11.5 Å². The van der Waals surface area contributed by atoms with Gasteiger partial charge in [0.1, 0.15) is 18.6 Å². The van der Waals surface area contributed by atoms with Crippen molar-refractivity contribution in [2.45, 2.75) is 51.2 Å². The van der Waals surface area contributed by atoms with Crippen LogP contribution in [0.1, 0.15) is 36.8 Å². The first-order valence-corrected chi connectivity index (χ1v) is 9.45. The molecule has 2 aromatic carbocycles. The third-order valence-electron chi connectivity index (χ3n) is 4.90. The molecule has 2 aliphatic heterocycles. The Kier molecular flexibility index (Phi) is 5.45. The molecule has 2 unspecified atom stereocenters. The first-order valence-electron chi connectivity index (χ1n) is 9.45. The molecule has 0 bridgehead atoms. The second kappa shape index (κ2) is 8.15. The van der Waals surface area contributed by atoms with E-state index in [1.165, 1.54) is 6.07 Å². The van der Waals surface area contributed by atoms with Gasteiger partial charge in [-0.2, -0.15) is 0 Å². The lowest BCUT2D eigenvalue weighted by Gasteiger charge is -2.30. The standard InChI is InChI=1S/C21H24FNO4/c22-16-12-17(26-13-14-6-2-1-3-7-14)15-9-10-18(24)23-20(15)21(16)27-19-8-4-5-11-25-19/h1-3,6-7,12,18-19,23-24H,4-5,8-11,13H2. The Morgan fingerprint density at radius 2 is 2.04 bits per heavy atom. The summed E-state index contributed by atoms with van der Waals surface area (Å²) in [7, 11) is 0. The average Bonchev–Trinajstić information content (AvgIpc) is 2.70. The molecule has 2 heterocycles. The first kappa shape index (κ1) is 18.1. The number of ether oxygens (including phenoxy) is 3. The molecule has 144 valence electrons. The van der Waals surface area contributed by atoms with Crippen molar-refractivity contribution >= 4 is 5.69 Å². The Morgan fingerprint density at radius 3 is 2.81 bits per heavy atom. The van der Waals surface area contributed by atoms with Crippen molar-refractivity contribution in [1.29, 1.82) is 0 Å². The molecule has 2 aromatic rings. The number of benzene rings is 2. The summed E-state index contributed by atoms with van der Waals surface area (Å²) in [4.78, 5) is 0. The molecule has 2 aliphatic rings. The van der Waals surface area contributed by atoms with E-state index < -0.39 is 18.3 Å². The Bertz CT molecular complexity index is 777. The summed E-state index contributed by atoms with van der Waals surface area (Å²) >= 11 is 0. The van der Waals surface area contributed by atoms with Crippen LogP contribution in [0.15, 0.2) is 36.4 Å². The lowest BCUT2D eigenvalue weighted by Crippen LogP contribution is -2.29. The van der Waals surface area contributed by atoms with Gasteiger partial charge >= 0.3 is 0 Å². The molecule has 2 N–H and O–H groups in total. The molecule has 0 spiro atoms. The summed E-state index contributed by atoms with van der Waals surface area (Å²) in [5.74, 6) is 0.0537. The van der Waals surface area contributed by atoms with E-state index in [4.69, 9.17) is 14.2 Å². The molecule has 0 radical (unpaired) electrons. The Morgan fingerprint density at radius 1 is 1.19 bits per heavy atom. The molecule has 0 amide bonds. The second-order valence-corrected chi connectivity index (χ2v) is 6.93. The van der Waals surface area contributed by atoms with Crippen LogP contribution >= 0.6 is 0 Å². The minimum Gasteiger partial charge on any atom is -0.488 e. The van der Waals surface area contributed by atoms with Crippen LogP contribution < -0.4 is 14.8 Å². The zero-order chi connectivity index (χ0) is 18.6. The summed E-state index contributed by atoms with van der Waals surface area (Å²) in [6.07, 6.45) is 2.61. The Balaban J connectivity index is 1.61. The molecule has 2 atom stereocenters. The highest BCUT2D eigenvalue weighted by Crippen LogP contribution is 2.42. The Hall–Kier alpha value is -2.31. The molecule has 0 aromatic heterocycles. The van der Waals surface area contributed by atoms with Gasteiger partial charge in [0, 0.05) is 18.1 Å². The second-order valence-electron chi connectivity index (χ2n) is 6.93. The zero-order valence-electron chi connectivity index (χ0n) is 15.1. The summed E-state index contributed by atoms with van der Waals surface area (Å²) in [5.41, 5.74) is 2.29. The number of rotatable bonds is 5. The average molecular weight is 373 g/mol. The third-order valence-corrected chi connectivity index (χ3v) is 4.90. The smallest absolute Gasteiger partial charge is 0.200 e. The van der Waals surface area contributed by atoms with Gasteiger partial charge in [0.05, 0.1) is 12.3 Å². The molecule has 1 saturated heterocycles. The molecule has 4 rings (SSSR count). The fourth-order valence-electron chi connectivity index (χ4n) is 3.48. The monoisotopic (exact) mass is 373 g/mol. The minimum absolute atomic E-state index is 0.0997. The van der Waals surface area contributed by atoms with Crippen LogP contribution in [-0.4, -0.2) is 24.2 Å². The summed E-state index contributed by atoms with van der Waals surface area (Å²) in [5, 5.41) is 13.0. The molecule has 6 heteroatoms. The topological polar surface area (TPSA) is 60.0 Å². The maximum absolute atomic E-state index is 14.9. The van der Waals surface area contributed by atoms with Gasteiger partial charge in [0.15, 0.2) is 17.9 Å². The molecular formula is C21H24FNO4. The number of aliphatic hydroxyl groups is 1. The van der Waals surface area contributed by atoms with Crippen LogP contribution in [0.2, 0.25) is 0 Å². The number of anilines is 1. The fraction of sp³-hybridized carbons (Fsp3) is 0.429. The maximum Gasteiger partial charge on any atom is 0.200 e. The summed E-state index contributed by atoms with van der Waals surface area (Å²) in [6.45, 7) is 0.962. The highest BCUT2D eigenvalue weighted by Gasteiger charge is 2.28. The van der Waals surface area contributed by atoms with E-state index in [2.05, 4.69) is 5.32 Å². The van der Waals surface area contributed by atoms with E-state index in [0.717, 1.165) is 30.4 Å². The largest absolute Gasteiger partial charge is 0.488 e. The van der Waals surface area contributed by atoms with Crippen LogP contribution in [-0.2, 0) is 17.8 Å². The Labute approximate surface area is 158 Å². The van der Waals surface area contributed by atoms with Gasteiger partial charge in [-0.1, -0.05) is 30.3 Å². The van der Waals surface area contributed by atoms with Gasteiger partial charge < -0.3 is 24.6 Å². The highest BCUT2D eigenvalue weighted by molar-refractivity contribution is 5.68. The van der Waals surface area contributed by atoms with Gasteiger partial charge in [-0.05, 0) is 31.2 Å². The molecule has 0 aliphatic carbocycles. The van der Waals surface area contributed by atoms with Crippen molar-refractivity contribution in [1.82, 2.24) is 0 Å². The predicted molar refractivity (Wildman–Crippen MR) is 99.3 cm³/mol. The molecule has 0 saturated carbocycles. The van der Waals surface area contributed by atoms with Crippen LogP contribution in [0.3, 0.4) is 0 Å². The summed E-state index contributed by atoms with van der Waals surface area (Å²) < 4.78 is 32.2. The first-order chi connectivity index (χ1) is 13.2. The number of nitrogens with one attached hydrogen (secondary N) is 1. The lowest BCUT2D eigenvalue weighted by molar-refractivity contribution is -0.107. The maximum atomic E-state index is 14.9. The third kappa shape index (κ3) is 4.17. The lowest BCUT2D eigenvalue weighted by atomic mass is 10.00. The van der Waals surface area contributed by atoms with E-state index >= 15 is 0 Å². The number of halogens is 1. The van der Waals surface area contributed by atoms with E-state index in [1.54, 1.807) is 0 Å². The van der Waals surface area contributed by atoms with Crippen LogP contribution in [0.25, 0.3) is 0 Å². The van der Waals surface area contributed by atoms with Crippen molar-refractivity contribution in [2.24, 2.45) is 0 Å². The van der Waals surface area contributed by atoms with E-state index in [0.29, 0.717) is 37.5 Å². The van der Waals surface area contributed by atoms with Crippen molar-refractivity contribution in [3.63, 3.8) is 0 Å².